The topological polar surface area (TPSA) is 70.5 Å². The maximum Gasteiger partial charge on any atom is 0.416 e. The molecule has 34 heavy (non-hydrogen) atoms. The molecule has 1 aromatic heterocycles. The number of nitrogens with one attached hydrogen (secondary N) is 1. The lowest BCUT2D eigenvalue weighted by molar-refractivity contribution is -0.137. The van der Waals surface area contributed by atoms with Crippen LogP contribution in [0.25, 0.3) is 11.1 Å². The number of carbonyl (C=O) groups excluding carboxylic acids is 2. The van der Waals surface area contributed by atoms with E-state index < -0.39 is 29.6 Å². The highest BCUT2D eigenvalue weighted by atomic mass is 19.4. The van der Waals surface area contributed by atoms with E-state index >= 15 is 0 Å². The first kappa shape index (κ1) is 23.5. The summed E-state index contributed by atoms with van der Waals surface area (Å²) < 4.78 is 41.9. The van der Waals surface area contributed by atoms with E-state index in [1.807, 2.05) is 19.0 Å². The number of rotatable bonds is 5. The van der Waals surface area contributed by atoms with E-state index in [2.05, 4.69) is 10.4 Å². The molecule has 0 spiro atoms. The van der Waals surface area contributed by atoms with Gasteiger partial charge in [-0.1, -0.05) is 18.2 Å². The molecular weight excluding hydrogens is 447 g/mol. The third-order valence-electron chi connectivity index (χ3n) is 5.73. The van der Waals surface area contributed by atoms with Crippen LogP contribution < -0.4 is 10.2 Å². The van der Waals surface area contributed by atoms with E-state index in [9.17, 15) is 22.8 Å². The van der Waals surface area contributed by atoms with Crippen molar-refractivity contribution < 1.29 is 22.8 Å². The largest absolute Gasteiger partial charge is 0.416 e. The van der Waals surface area contributed by atoms with E-state index in [4.69, 9.17) is 0 Å². The molecule has 1 atom stereocenters. The van der Waals surface area contributed by atoms with Gasteiger partial charge in [0.25, 0.3) is 5.91 Å². The molecule has 0 saturated carbocycles. The summed E-state index contributed by atoms with van der Waals surface area (Å²) in [5.74, 6) is -1.02. The van der Waals surface area contributed by atoms with Crippen molar-refractivity contribution in [3.8, 4) is 11.1 Å². The molecule has 2 heterocycles. The van der Waals surface area contributed by atoms with Crippen molar-refractivity contribution >= 4 is 17.5 Å². The van der Waals surface area contributed by atoms with Crippen LogP contribution in [0.2, 0.25) is 0 Å². The monoisotopic (exact) mass is 471 g/mol. The Kier molecular flexibility index (Phi) is 6.18. The molecule has 0 saturated heterocycles. The molecule has 0 bridgehead atoms. The number of alkyl halides is 3. The van der Waals surface area contributed by atoms with E-state index in [1.54, 1.807) is 37.4 Å². The zero-order valence-corrected chi connectivity index (χ0v) is 18.9. The van der Waals surface area contributed by atoms with Crippen LogP contribution in [0.5, 0.6) is 0 Å². The molecule has 7 nitrogen and oxygen atoms in total. The second-order valence-electron chi connectivity index (χ2n) is 8.33. The van der Waals surface area contributed by atoms with Gasteiger partial charge in [0.2, 0.25) is 5.91 Å². The van der Waals surface area contributed by atoms with Gasteiger partial charge >= 0.3 is 6.18 Å². The number of benzene rings is 2. The van der Waals surface area contributed by atoms with Crippen molar-refractivity contribution in [3.05, 3.63) is 71.5 Å². The minimum Gasteiger partial charge on any atom is -0.353 e. The van der Waals surface area contributed by atoms with Gasteiger partial charge in [-0.3, -0.25) is 19.2 Å². The first-order chi connectivity index (χ1) is 16.1. The first-order valence-electron chi connectivity index (χ1n) is 10.6. The maximum atomic E-state index is 13.8. The number of nitrogens with zero attached hydrogens (tertiary/aromatic N) is 4. The highest BCUT2D eigenvalue weighted by molar-refractivity contribution is 6.15. The van der Waals surface area contributed by atoms with Gasteiger partial charge in [-0.05, 0) is 50.0 Å². The Hall–Kier alpha value is -3.66. The summed E-state index contributed by atoms with van der Waals surface area (Å²) in [5.41, 5.74) is 0.358. The Morgan fingerprint density at radius 2 is 1.79 bits per heavy atom. The summed E-state index contributed by atoms with van der Waals surface area (Å²) in [7, 11) is 5.34. The number of aryl methyl sites for hydroxylation is 1. The SMILES string of the molecule is CN(C)CCNC(=O)C1c2c(cnn2C)-c2cc(C(F)(F)F)ccc2C(=O)N1c1ccccc1. The van der Waals surface area contributed by atoms with E-state index in [0.717, 1.165) is 12.1 Å². The molecule has 4 rings (SSSR count). The second kappa shape index (κ2) is 8.94. The van der Waals surface area contributed by atoms with Crippen molar-refractivity contribution in [3.63, 3.8) is 0 Å². The van der Waals surface area contributed by atoms with Crippen LogP contribution in [0.3, 0.4) is 0 Å². The number of hydrogen-bond acceptors (Lipinski definition) is 4. The van der Waals surface area contributed by atoms with Gasteiger partial charge in [0.05, 0.1) is 17.5 Å². The van der Waals surface area contributed by atoms with Crippen molar-refractivity contribution in [2.45, 2.75) is 12.2 Å². The normalized spacial score (nSPS) is 15.7. The summed E-state index contributed by atoms with van der Waals surface area (Å²) >= 11 is 0. The van der Waals surface area contributed by atoms with Crippen LogP contribution in [0, 0.1) is 0 Å². The van der Waals surface area contributed by atoms with Crippen molar-refractivity contribution in [2.75, 3.05) is 32.1 Å². The van der Waals surface area contributed by atoms with Gasteiger partial charge in [-0.15, -0.1) is 0 Å². The lowest BCUT2D eigenvalue weighted by Gasteiger charge is -2.30. The molecule has 2 aromatic carbocycles. The fraction of sp³-hybridized carbons (Fsp3) is 0.292. The molecule has 0 fully saturated rings. The molecule has 0 radical (unpaired) electrons. The van der Waals surface area contributed by atoms with Gasteiger partial charge in [0.15, 0.2) is 6.04 Å². The Labute approximate surface area is 194 Å². The van der Waals surface area contributed by atoms with Gasteiger partial charge in [0.1, 0.15) is 0 Å². The molecule has 2 amide bonds. The van der Waals surface area contributed by atoms with E-state index in [1.165, 1.54) is 21.8 Å². The predicted molar refractivity (Wildman–Crippen MR) is 121 cm³/mol. The predicted octanol–water partition coefficient (Wildman–Crippen LogP) is 3.49. The zero-order chi connectivity index (χ0) is 24.6. The summed E-state index contributed by atoms with van der Waals surface area (Å²) in [5, 5.41) is 7.09. The number of carbonyl (C=O) groups is 2. The lowest BCUT2D eigenvalue weighted by atomic mass is 9.97. The van der Waals surface area contributed by atoms with Crippen molar-refractivity contribution in [2.24, 2.45) is 7.05 Å². The number of para-hydroxylation sites is 1. The summed E-state index contributed by atoms with van der Waals surface area (Å²) in [4.78, 5) is 30.5. The van der Waals surface area contributed by atoms with Gasteiger partial charge in [-0.2, -0.15) is 18.3 Å². The number of anilines is 1. The Bertz CT molecular complexity index is 1220. The lowest BCUT2D eigenvalue weighted by Crippen LogP contribution is -2.45. The fourth-order valence-corrected chi connectivity index (χ4v) is 4.07. The number of fused-ring (bicyclic) bond motifs is 3. The summed E-state index contributed by atoms with van der Waals surface area (Å²) in [6, 6.07) is 10.5. The quantitative estimate of drug-likeness (QED) is 0.619. The smallest absolute Gasteiger partial charge is 0.353 e. The van der Waals surface area contributed by atoms with Crippen LogP contribution in [0.4, 0.5) is 18.9 Å². The standard InChI is InChI=1S/C24H24F3N5O2/c1-30(2)12-11-28-22(33)21-20-19(14-29-31(20)3)18-13-15(24(25,26)27)9-10-17(18)23(34)32(21)16-7-5-4-6-8-16/h4-10,13-14,21H,11-12H2,1-3H3,(H,28,33). The average Bonchev–Trinajstić information content (AvgIpc) is 3.11. The molecule has 1 aliphatic heterocycles. The Morgan fingerprint density at radius 3 is 2.44 bits per heavy atom. The number of aromatic nitrogens is 2. The minimum atomic E-state index is -4.59. The molecule has 178 valence electrons. The van der Waals surface area contributed by atoms with Gasteiger partial charge in [-0.25, -0.2) is 0 Å². The molecule has 1 aliphatic rings. The molecule has 0 aliphatic carbocycles. The zero-order valence-electron chi connectivity index (χ0n) is 18.9. The summed E-state index contributed by atoms with van der Waals surface area (Å²) in [6.45, 7) is 0.905. The van der Waals surface area contributed by atoms with Crippen molar-refractivity contribution in [1.29, 1.82) is 0 Å². The molecule has 3 aromatic rings. The molecule has 10 heteroatoms. The van der Waals surface area contributed by atoms with Gasteiger partial charge in [0, 0.05) is 37.0 Å². The Balaban J connectivity index is 1.93. The molecule has 1 unspecified atom stereocenters. The molecular formula is C24H24F3N5O2. The fourth-order valence-electron chi connectivity index (χ4n) is 4.07. The number of amides is 2. The minimum absolute atomic E-state index is 0.0645. The highest BCUT2D eigenvalue weighted by Crippen LogP contribution is 2.42. The van der Waals surface area contributed by atoms with Crippen LogP contribution in [0.1, 0.15) is 27.7 Å². The summed E-state index contributed by atoms with van der Waals surface area (Å²) in [6.07, 6.45) is -3.19. The maximum absolute atomic E-state index is 13.8. The third-order valence-corrected chi connectivity index (χ3v) is 5.73. The van der Waals surface area contributed by atoms with E-state index in [0.29, 0.717) is 30.0 Å². The number of hydrogen-bond donors (Lipinski definition) is 1. The number of halogens is 3. The van der Waals surface area contributed by atoms with Crippen LogP contribution in [-0.4, -0.2) is 53.7 Å². The highest BCUT2D eigenvalue weighted by Gasteiger charge is 2.42. The van der Waals surface area contributed by atoms with Crippen LogP contribution in [-0.2, 0) is 18.0 Å². The number of likely N-dealkylation sites (N-methyl/N-ethyl adjacent to an activating group) is 1. The third kappa shape index (κ3) is 4.28. The average molecular weight is 471 g/mol. The Morgan fingerprint density at radius 1 is 1.09 bits per heavy atom. The van der Waals surface area contributed by atoms with Gasteiger partial charge < -0.3 is 10.2 Å². The van der Waals surface area contributed by atoms with Crippen LogP contribution in [0.15, 0.2) is 54.7 Å². The molecule has 1 N–H and O–H groups in total. The van der Waals surface area contributed by atoms with E-state index in [-0.39, 0.29) is 11.1 Å². The van der Waals surface area contributed by atoms with Crippen molar-refractivity contribution in [1.82, 2.24) is 20.0 Å². The van der Waals surface area contributed by atoms with Crippen LogP contribution >= 0.6 is 0 Å². The first-order valence-corrected chi connectivity index (χ1v) is 10.6. The second-order valence-corrected chi connectivity index (χ2v) is 8.33.